The van der Waals surface area contributed by atoms with Gasteiger partial charge >= 0.3 is 0 Å². The van der Waals surface area contributed by atoms with E-state index in [9.17, 15) is 4.79 Å². The van der Waals surface area contributed by atoms with E-state index < -0.39 is 0 Å². The first-order valence-electron chi connectivity index (χ1n) is 8.19. The van der Waals surface area contributed by atoms with Crippen molar-refractivity contribution in [3.05, 3.63) is 53.3 Å². The standard InChI is InChI=1S/C18H24N4O/c1-4-22-14(2)12-16(19-22)18(23)21-11-10-20(3)17(13-21)15-8-6-5-7-9-15/h5-9,12,17H,4,10-11,13H2,1-3H3. The molecule has 5 nitrogen and oxygen atoms in total. The lowest BCUT2D eigenvalue weighted by molar-refractivity contribution is 0.0540. The Morgan fingerprint density at radius 3 is 2.65 bits per heavy atom. The Labute approximate surface area is 137 Å². The summed E-state index contributed by atoms with van der Waals surface area (Å²) in [5.41, 5.74) is 2.84. The molecule has 1 aromatic carbocycles. The number of likely N-dealkylation sites (N-methyl/N-ethyl adjacent to an activating group) is 1. The van der Waals surface area contributed by atoms with Crippen molar-refractivity contribution in [2.24, 2.45) is 0 Å². The van der Waals surface area contributed by atoms with Crippen LogP contribution in [0, 0.1) is 6.92 Å². The van der Waals surface area contributed by atoms with Crippen molar-refractivity contribution in [3.63, 3.8) is 0 Å². The number of rotatable bonds is 3. The summed E-state index contributed by atoms with van der Waals surface area (Å²) in [4.78, 5) is 17.0. The lowest BCUT2D eigenvalue weighted by Crippen LogP contribution is -2.49. The zero-order chi connectivity index (χ0) is 16.4. The molecule has 23 heavy (non-hydrogen) atoms. The van der Waals surface area contributed by atoms with Crippen LogP contribution in [0.4, 0.5) is 0 Å². The number of carbonyl (C=O) groups excluding carboxylic acids is 1. The highest BCUT2D eigenvalue weighted by Crippen LogP contribution is 2.24. The third-order valence-electron chi connectivity index (χ3n) is 4.62. The number of benzene rings is 1. The average molecular weight is 312 g/mol. The highest BCUT2D eigenvalue weighted by molar-refractivity contribution is 5.92. The molecule has 1 unspecified atom stereocenters. The average Bonchev–Trinajstić information content (AvgIpc) is 2.96. The van der Waals surface area contributed by atoms with Gasteiger partial charge in [0.1, 0.15) is 0 Å². The van der Waals surface area contributed by atoms with Gasteiger partial charge in [0.15, 0.2) is 5.69 Å². The molecule has 3 rings (SSSR count). The van der Waals surface area contributed by atoms with E-state index in [1.54, 1.807) is 0 Å². The van der Waals surface area contributed by atoms with Gasteiger partial charge in [-0.05, 0) is 32.5 Å². The molecule has 122 valence electrons. The smallest absolute Gasteiger partial charge is 0.274 e. The van der Waals surface area contributed by atoms with Crippen molar-refractivity contribution in [3.8, 4) is 0 Å². The number of aryl methyl sites for hydroxylation is 2. The molecule has 0 aliphatic carbocycles. The van der Waals surface area contributed by atoms with E-state index in [1.807, 2.05) is 35.6 Å². The maximum atomic E-state index is 12.8. The number of amides is 1. The van der Waals surface area contributed by atoms with Crippen LogP contribution in [-0.4, -0.2) is 52.2 Å². The Hall–Kier alpha value is -2.14. The maximum absolute atomic E-state index is 12.8. The molecule has 5 heteroatoms. The number of carbonyl (C=O) groups is 1. The van der Waals surface area contributed by atoms with Gasteiger partial charge in [0.05, 0.1) is 6.04 Å². The zero-order valence-corrected chi connectivity index (χ0v) is 14.1. The Balaban J connectivity index is 1.79. The van der Waals surface area contributed by atoms with Gasteiger partial charge in [-0.3, -0.25) is 14.4 Å². The monoisotopic (exact) mass is 312 g/mol. The van der Waals surface area contributed by atoms with Crippen molar-refractivity contribution in [1.29, 1.82) is 0 Å². The molecule has 0 N–H and O–H groups in total. The summed E-state index contributed by atoms with van der Waals surface area (Å²) in [6.07, 6.45) is 0. The predicted molar refractivity (Wildman–Crippen MR) is 90.4 cm³/mol. The molecule has 2 aromatic rings. The second kappa shape index (κ2) is 6.54. The van der Waals surface area contributed by atoms with Crippen LogP contribution < -0.4 is 0 Å². The minimum absolute atomic E-state index is 0.0364. The second-order valence-electron chi connectivity index (χ2n) is 6.14. The Morgan fingerprint density at radius 1 is 1.26 bits per heavy atom. The molecule has 0 saturated carbocycles. The Kier molecular flexibility index (Phi) is 4.48. The van der Waals surface area contributed by atoms with Gasteiger partial charge in [-0.15, -0.1) is 0 Å². The zero-order valence-electron chi connectivity index (χ0n) is 14.1. The van der Waals surface area contributed by atoms with Gasteiger partial charge in [0.2, 0.25) is 0 Å². The van der Waals surface area contributed by atoms with Crippen molar-refractivity contribution >= 4 is 5.91 Å². The van der Waals surface area contributed by atoms with Crippen LogP contribution in [-0.2, 0) is 6.54 Å². The first-order valence-corrected chi connectivity index (χ1v) is 8.19. The lowest BCUT2D eigenvalue weighted by Gasteiger charge is -2.39. The normalized spacial score (nSPS) is 19.1. The molecular weight excluding hydrogens is 288 g/mol. The van der Waals surface area contributed by atoms with E-state index in [-0.39, 0.29) is 11.9 Å². The summed E-state index contributed by atoms with van der Waals surface area (Å²) in [5, 5.41) is 4.43. The van der Waals surface area contributed by atoms with Gasteiger partial charge in [0.25, 0.3) is 5.91 Å². The van der Waals surface area contributed by atoms with E-state index in [0.717, 1.165) is 25.3 Å². The molecule has 0 radical (unpaired) electrons. The first kappa shape index (κ1) is 15.7. The van der Waals surface area contributed by atoms with Crippen molar-refractivity contribution < 1.29 is 4.79 Å². The third kappa shape index (κ3) is 3.15. The van der Waals surface area contributed by atoms with Gasteiger partial charge in [-0.1, -0.05) is 30.3 Å². The molecule has 2 heterocycles. The summed E-state index contributed by atoms with van der Waals surface area (Å²) in [6.45, 7) is 7.14. The van der Waals surface area contributed by atoms with E-state index in [2.05, 4.69) is 41.3 Å². The summed E-state index contributed by atoms with van der Waals surface area (Å²) in [7, 11) is 2.12. The fourth-order valence-electron chi connectivity index (χ4n) is 3.19. The van der Waals surface area contributed by atoms with E-state index in [4.69, 9.17) is 0 Å². The number of hydrogen-bond acceptors (Lipinski definition) is 3. The molecule has 1 saturated heterocycles. The van der Waals surface area contributed by atoms with Gasteiger partial charge in [0, 0.05) is 31.9 Å². The largest absolute Gasteiger partial charge is 0.334 e. The topological polar surface area (TPSA) is 41.4 Å². The minimum atomic E-state index is 0.0364. The van der Waals surface area contributed by atoms with Gasteiger partial charge < -0.3 is 4.90 Å². The first-order chi connectivity index (χ1) is 11.1. The fourth-order valence-corrected chi connectivity index (χ4v) is 3.19. The van der Waals surface area contributed by atoms with Crippen LogP contribution in [0.15, 0.2) is 36.4 Å². The molecule has 0 bridgehead atoms. The molecule has 1 amide bonds. The highest BCUT2D eigenvalue weighted by atomic mass is 16.2. The van der Waals surface area contributed by atoms with Crippen LogP contribution in [0.2, 0.25) is 0 Å². The van der Waals surface area contributed by atoms with Crippen LogP contribution in [0.1, 0.15) is 34.7 Å². The number of nitrogens with zero attached hydrogens (tertiary/aromatic N) is 4. The molecule has 1 aliphatic heterocycles. The van der Waals surface area contributed by atoms with E-state index in [0.29, 0.717) is 12.2 Å². The molecule has 1 aromatic heterocycles. The molecular formula is C18H24N4O. The lowest BCUT2D eigenvalue weighted by atomic mass is 10.0. The quantitative estimate of drug-likeness (QED) is 0.873. The van der Waals surface area contributed by atoms with Crippen LogP contribution in [0.5, 0.6) is 0 Å². The van der Waals surface area contributed by atoms with E-state index in [1.165, 1.54) is 5.56 Å². The van der Waals surface area contributed by atoms with E-state index >= 15 is 0 Å². The predicted octanol–water partition coefficient (Wildman–Crippen LogP) is 2.34. The third-order valence-corrected chi connectivity index (χ3v) is 4.62. The summed E-state index contributed by atoms with van der Waals surface area (Å²) < 4.78 is 1.87. The molecule has 0 spiro atoms. The molecule has 1 aliphatic rings. The van der Waals surface area contributed by atoms with Crippen LogP contribution in [0.25, 0.3) is 0 Å². The molecule has 1 atom stereocenters. The summed E-state index contributed by atoms with van der Waals surface area (Å²) >= 11 is 0. The van der Waals surface area contributed by atoms with Crippen molar-refractivity contribution in [1.82, 2.24) is 19.6 Å². The number of hydrogen-bond donors (Lipinski definition) is 0. The Bertz CT molecular complexity index is 680. The fraction of sp³-hybridized carbons (Fsp3) is 0.444. The van der Waals surface area contributed by atoms with Crippen LogP contribution >= 0.6 is 0 Å². The number of piperazine rings is 1. The second-order valence-corrected chi connectivity index (χ2v) is 6.14. The van der Waals surface area contributed by atoms with Crippen LogP contribution in [0.3, 0.4) is 0 Å². The summed E-state index contributed by atoms with van der Waals surface area (Å²) in [5.74, 6) is 0.0364. The van der Waals surface area contributed by atoms with Gasteiger partial charge in [-0.2, -0.15) is 5.10 Å². The van der Waals surface area contributed by atoms with Crippen molar-refractivity contribution in [2.75, 3.05) is 26.7 Å². The SMILES string of the molecule is CCn1nc(C(=O)N2CCN(C)C(c3ccccc3)C2)cc1C. The number of aromatic nitrogens is 2. The Morgan fingerprint density at radius 2 is 2.00 bits per heavy atom. The minimum Gasteiger partial charge on any atom is -0.334 e. The van der Waals surface area contributed by atoms with Crippen molar-refractivity contribution in [2.45, 2.75) is 26.4 Å². The highest BCUT2D eigenvalue weighted by Gasteiger charge is 2.29. The van der Waals surface area contributed by atoms with Gasteiger partial charge in [-0.25, -0.2) is 0 Å². The maximum Gasteiger partial charge on any atom is 0.274 e. The summed E-state index contributed by atoms with van der Waals surface area (Å²) in [6, 6.07) is 12.5. The molecule has 1 fully saturated rings.